The van der Waals surface area contributed by atoms with E-state index in [1.165, 1.54) is 16.9 Å². The minimum Gasteiger partial charge on any atom is -0.360 e. The van der Waals surface area contributed by atoms with E-state index in [1.807, 2.05) is 18.2 Å². The normalized spacial score (nSPS) is 10.6. The Labute approximate surface area is 159 Å². The van der Waals surface area contributed by atoms with Gasteiger partial charge in [0.05, 0.1) is 0 Å². The Kier molecular flexibility index (Phi) is 6.43. The number of carbonyl (C=O) groups is 1. The lowest BCUT2D eigenvalue weighted by Crippen LogP contribution is -2.12. The lowest BCUT2D eigenvalue weighted by atomic mass is 10.1. The van der Waals surface area contributed by atoms with Gasteiger partial charge in [-0.05, 0) is 37.0 Å². The summed E-state index contributed by atoms with van der Waals surface area (Å²) in [5, 5.41) is 14.3. The van der Waals surface area contributed by atoms with Gasteiger partial charge in [0.2, 0.25) is 10.3 Å². The molecule has 0 aliphatic heterocycles. The number of unbranched alkanes of at least 4 members (excludes halogenated alkanes) is 1. The van der Waals surface area contributed by atoms with Gasteiger partial charge in [0.1, 0.15) is 11.6 Å². The van der Waals surface area contributed by atoms with E-state index in [2.05, 4.69) is 33.0 Å². The quantitative estimate of drug-likeness (QED) is 0.558. The highest BCUT2D eigenvalue weighted by Gasteiger charge is 2.12. The van der Waals surface area contributed by atoms with E-state index in [4.69, 9.17) is 0 Å². The second-order valence-electron chi connectivity index (χ2n) is 5.89. The van der Waals surface area contributed by atoms with Crippen molar-refractivity contribution in [2.24, 2.45) is 0 Å². The van der Waals surface area contributed by atoms with Crippen LogP contribution in [-0.4, -0.2) is 22.6 Å². The van der Waals surface area contributed by atoms with Gasteiger partial charge in [-0.15, -0.1) is 10.2 Å². The maximum atomic E-state index is 13.2. The number of benzene rings is 2. The van der Waals surface area contributed by atoms with Crippen LogP contribution in [0.4, 0.5) is 19.0 Å². The molecule has 5 nitrogen and oxygen atoms in total. The molecule has 3 rings (SSSR count). The Bertz CT molecular complexity index is 881. The standard InChI is InChI=1S/C19H18F2N4OS/c20-15-10-14(11-16(21)12-15)17(26)23-19-25-24-18(27-19)22-9-5-4-8-13-6-2-1-3-7-13/h1-3,6-7,10-12H,4-5,8-9H2,(H,22,24)(H,23,25,26). The highest BCUT2D eigenvalue weighted by molar-refractivity contribution is 7.19. The summed E-state index contributed by atoms with van der Waals surface area (Å²) in [5.74, 6) is -2.26. The molecule has 1 aromatic heterocycles. The van der Waals surface area contributed by atoms with Gasteiger partial charge in [0.15, 0.2) is 0 Å². The number of hydrogen-bond donors (Lipinski definition) is 2. The SMILES string of the molecule is O=C(Nc1nnc(NCCCCc2ccccc2)s1)c1cc(F)cc(F)c1. The van der Waals surface area contributed by atoms with E-state index in [9.17, 15) is 13.6 Å². The second kappa shape index (κ2) is 9.18. The van der Waals surface area contributed by atoms with Crippen molar-refractivity contribution in [3.63, 3.8) is 0 Å². The largest absolute Gasteiger partial charge is 0.360 e. The van der Waals surface area contributed by atoms with Crippen LogP contribution in [0.3, 0.4) is 0 Å². The molecule has 0 saturated heterocycles. The summed E-state index contributed by atoms with van der Waals surface area (Å²) in [6.07, 6.45) is 3.04. The Hall–Kier alpha value is -2.87. The molecule has 1 amide bonds. The fourth-order valence-corrected chi connectivity index (χ4v) is 3.16. The highest BCUT2D eigenvalue weighted by Crippen LogP contribution is 2.21. The summed E-state index contributed by atoms with van der Waals surface area (Å²) >= 11 is 1.17. The van der Waals surface area contributed by atoms with Crippen molar-refractivity contribution < 1.29 is 13.6 Å². The first-order chi connectivity index (χ1) is 13.1. The van der Waals surface area contributed by atoms with E-state index in [0.717, 1.165) is 37.9 Å². The van der Waals surface area contributed by atoms with Crippen LogP contribution in [0.5, 0.6) is 0 Å². The fourth-order valence-electron chi connectivity index (χ4n) is 2.49. The fraction of sp³-hybridized carbons (Fsp3) is 0.211. The average molecular weight is 388 g/mol. The van der Waals surface area contributed by atoms with Crippen LogP contribution in [-0.2, 0) is 6.42 Å². The zero-order valence-electron chi connectivity index (χ0n) is 14.4. The van der Waals surface area contributed by atoms with Gasteiger partial charge in [-0.3, -0.25) is 10.1 Å². The van der Waals surface area contributed by atoms with Crippen molar-refractivity contribution in [2.75, 3.05) is 17.2 Å². The molecule has 27 heavy (non-hydrogen) atoms. The summed E-state index contributed by atoms with van der Waals surface area (Å²) < 4.78 is 26.4. The zero-order valence-corrected chi connectivity index (χ0v) is 15.2. The number of amides is 1. The Morgan fingerprint density at radius 2 is 1.67 bits per heavy atom. The summed E-state index contributed by atoms with van der Waals surface area (Å²) in [5.41, 5.74) is 1.20. The Morgan fingerprint density at radius 3 is 2.41 bits per heavy atom. The number of rotatable bonds is 8. The van der Waals surface area contributed by atoms with Gasteiger partial charge in [-0.25, -0.2) is 8.78 Å². The molecular formula is C19H18F2N4OS. The molecule has 140 valence electrons. The van der Waals surface area contributed by atoms with Crippen molar-refractivity contribution in [2.45, 2.75) is 19.3 Å². The molecular weight excluding hydrogens is 370 g/mol. The van der Waals surface area contributed by atoms with Crippen molar-refractivity contribution in [3.8, 4) is 0 Å². The van der Waals surface area contributed by atoms with Gasteiger partial charge < -0.3 is 5.32 Å². The third-order valence-electron chi connectivity index (χ3n) is 3.78. The van der Waals surface area contributed by atoms with E-state index in [-0.39, 0.29) is 10.7 Å². The van der Waals surface area contributed by atoms with Crippen LogP contribution in [0.25, 0.3) is 0 Å². The lowest BCUT2D eigenvalue weighted by Gasteiger charge is -2.03. The molecule has 0 aliphatic rings. The first kappa shape index (κ1) is 18.9. The van der Waals surface area contributed by atoms with Crippen LogP contribution in [0.15, 0.2) is 48.5 Å². The van der Waals surface area contributed by atoms with Gasteiger partial charge in [-0.1, -0.05) is 41.7 Å². The summed E-state index contributed by atoms with van der Waals surface area (Å²) in [4.78, 5) is 12.0. The average Bonchev–Trinajstić information content (AvgIpc) is 3.09. The van der Waals surface area contributed by atoms with Crippen molar-refractivity contribution in [3.05, 3.63) is 71.3 Å². The molecule has 0 fully saturated rings. The van der Waals surface area contributed by atoms with Crippen molar-refractivity contribution in [1.29, 1.82) is 0 Å². The van der Waals surface area contributed by atoms with Crippen LogP contribution in [0.2, 0.25) is 0 Å². The maximum Gasteiger partial charge on any atom is 0.257 e. The Morgan fingerprint density at radius 1 is 0.963 bits per heavy atom. The number of nitrogens with zero attached hydrogens (tertiary/aromatic N) is 2. The molecule has 0 unspecified atom stereocenters. The number of halogens is 2. The van der Waals surface area contributed by atoms with E-state index in [0.29, 0.717) is 11.2 Å². The number of anilines is 2. The predicted octanol–water partition coefficient (Wildman–Crippen LogP) is 4.50. The second-order valence-corrected chi connectivity index (χ2v) is 6.87. The molecule has 0 aliphatic carbocycles. The molecule has 3 aromatic rings. The third kappa shape index (κ3) is 5.82. The number of hydrogen-bond acceptors (Lipinski definition) is 5. The third-order valence-corrected chi connectivity index (χ3v) is 4.58. The minimum absolute atomic E-state index is 0.113. The van der Waals surface area contributed by atoms with Crippen molar-refractivity contribution >= 4 is 27.5 Å². The molecule has 0 bridgehead atoms. The van der Waals surface area contributed by atoms with E-state index >= 15 is 0 Å². The molecule has 2 N–H and O–H groups in total. The molecule has 0 spiro atoms. The zero-order chi connectivity index (χ0) is 19.1. The van der Waals surface area contributed by atoms with Crippen LogP contribution < -0.4 is 10.6 Å². The molecule has 0 saturated carbocycles. The number of aryl methyl sites for hydroxylation is 1. The van der Waals surface area contributed by atoms with Gasteiger partial charge in [-0.2, -0.15) is 0 Å². The maximum absolute atomic E-state index is 13.2. The van der Waals surface area contributed by atoms with Crippen LogP contribution in [0.1, 0.15) is 28.8 Å². The number of carbonyl (C=O) groups excluding carboxylic acids is 1. The first-order valence-electron chi connectivity index (χ1n) is 8.49. The van der Waals surface area contributed by atoms with Crippen LogP contribution in [0, 0.1) is 11.6 Å². The molecule has 1 heterocycles. The molecule has 8 heteroatoms. The molecule has 0 atom stereocenters. The van der Waals surface area contributed by atoms with Crippen LogP contribution >= 0.6 is 11.3 Å². The van der Waals surface area contributed by atoms with Gasteiger partial charge >= 0.3 is 0 Å². The summed E-state index contributed by atoms with van der Waals surface area (Å²) in [7, 11) is 0. The minimum atomic E-state index is -0.810. The smallest absolute Gasteiger partial charge is 0.257 e. The Balaban J connectivity index is 1.43. The molecule has 0 radical (unpaired) electrons. The summed E-state index contributed by atoms with van der Waals surface area (Å²) in [6, 6.07) is 12.9. The van der Waals surface area contributed by atoms with Gasteiger partial charge in [0, 0.05) is 18.2 Å². The number of nitrogens with one attached hydrogen (secondary N) is 2. The van der Waals surface area contributed by atoms with E-state index in [1.54, 1.807) is 0 Å². The first-order valence-corrected chi connectivity index (χ1v) is 9.30. The topological polar surface area (TPSA) is 66.9 Å². The van der Waals surface area contributed by atoms with E-state index < -0.39 is 17.5 Å². The highest BCUT2D eigenvalue weighted by atomic mass is 32.1. The monoisotopic (exact) mass is 388 g/mol. The number of aromatic nitrogens is 2. The van der Waals surface area contributed by atoms with Gasteiger partial charge in [0.25, 0.3) is 5.91 Å². The molecule has 2 aromatic carbocycles. The lowest BCUT2D eigenvalue weighted by molar-refractivity contribution is 0.102. The summed E-state index contributed by atoms with van der Waals surface area (Å²) in [6.45, 7) is 0.741. The predicted molar refractivity (Wildman–Crippen MR) is 102 cm³/mol. The van der Waals surface area contributed by atoms with Crippen molar-refractivity contribution in [1.82, 2.24) is 10.2 Å².